The summed E-state index contributed by atoms with van der Waals surface area (Å²) in [6.45, 7) is 1.16. The Labute approximate surface area is 87.9 Å². The third-order valence-corrected chi connectivity index (χ3v) is 4.02. The molecule has 4 rings (SSSR count). The first-order valence-corrected chi connectivity index (χ1v) is 5.56. The van der Waals surface area contributed by atoms with Gasteiger partial charge in [-0.1, -0.05) is 0 Å². The second-order valence-corrected chi connectivity index (χ2v) is 4.72. The summed E-state index contributed by atoms with van der Waals surface area (Å²) in [7, 11) is 0. The number of hydrogen-bond donors (Lipinski definition) is 2. The first kappa shape index (κ1) is 7.88. The Morgan fingerprint density at radius 2 is 2.47 bits per heavy atom. The number of rotatable bonds is 1. The van der Waals surface area contributed by atoms with E-state index < -0.39 is 0 Å². The van der Waals surface area contributed by atoms with Gasteiger partial charge in [0.15, 0.2) is 0 Å². The molecule has 1 aliphatic carbocycles. The van der Waals surface area contributed by atoms with Crippen LogP contribution >= 0.6 is 0 Å². The van der Waals surface area contributed by atoms with Gasteiger partial charge in [-0.25, -0.2) is 4.98 Å². The monoisotopic (exact) mass is 199 g/mol. The van der Waals surface area contributed by atoms with E-state index in [9.17, 15) is 0 Å². The van der Waals surface area contributed by atoms with Gasteiger partial charge >= 0.3 is 0 Å². The predicted molar refractivity (Wildman–Crippen MR) is 58.8 cm³/mol. The molecule has 3 nitrogen and oxygen atoms in total. The van der Waals surface area contributed by atoms with Crippen molar-refractivity contribution in [3.63, 3.8) is 0 Å². The van der Waals surface area contributed by atoms with Crippen molar-refractivity contribution < 1.29 is 0 Å². The molecule has 2 N–H and O–H groups in total. The number of hydrogen-bond acceptors (Lipinski definition) is 2. The molecule has 2 unspecified atom stereocenters. The number of fused-ring (bicyclic) bond motifs is 2. The Bertz CT molecular complexity index is 530. The van der Waals surface area contributed by atoms with Crippen molar-refractivity contribution in [1.29, 1.82) is 0 Å². The summed E-state index contributed by atoms with van der Waals surface area (Å²) >= 11 is 0. The Kier molecular flexibility index (Phi) is 1.27. The van der Waals surface area contributed by atoms with E-state index in [1.807, 2.05) is 12.3 Å². The fraction of sp³-hybridized carbons (Fsp3) is 0.417. The van der Waals surface area contributed by atoms with E-state index in [-0.39, 0.29) is 0 Å². The van der Waals surface area contributed by atoms with Gasteiger partial charge < -0.3 is 10.3 Å². The first-order chi connectivity index (χ1) is 7.40. The minimum Gasteiger partial charge on any atom is -0.346 e. The van der Waals surface area contributed by atoms with Crippen molar-refractivity contribution in [2.24, 2.45) is 0 Å². The highest BCUT2D eigenvalue weighted by molar-refractivity contribution is 5.82. The molecule has 2 aliphatic rings. The van der Waals surface area contributed by atoms with Gasteiger partial charge in [0.05, 0.1) is 0 Å². The molecule has 2 aromatic heterocycles. The quantitative estimate of drug-likeness (QED) is 0.732. The van der Waals surface area contributed by atoms with Gasteiger partial charge in [0.1, 0.15) is 5.65 Å². The number of nitrogens with zero attached hydrogens (tertiary/aromatic N) is 1. The largest absolute Gasteiger partial charge is 0.346 e. The molecule has 2 aromatic rings. The van der Waals surface area contributed by atoms with Crippen LogP contribution in [0, 0.1) is 0 Å². The minimum absolute atomic E-state index is 0.432. The number of aromatic amines is 1. The van der Waals surface area contributed by atoms with Crippen molar-refractivity contribution in [3.8, 4) is 0 Å². The predicted octanol–water partition coefficient (Wildman–Crippen LogP) is 1.57. The van der Waals surface area contributed by atoms with E-state index in [1.165, 1.54) is 23.8 Å². The number of piperidine rings is 1. The highest BCUT2D eigenvalue weighted by Gasteiger charge is 2.58. The van der Waals surface area contributed by atoms with E-state index in [2.05, 4.69) is 27.5 Å². The van der Waals surface area contributed by atoms with Crippen molar-refractivity contribution in [2.45, 2.75) is 24.3 Å². The van der Waals surface area contributed by atoms with Crippen LogP contribution in [-0.4, -0.2) is 22.6 Å². The van der Waals surface area contributed by atoms with Gasteiger partial charge in [-0.05, 0) is 37.1 Å². The summed E-state index contributed by atoms with van der Waals surface area (Å²) in [5, 5.41) is 4.86. The van der Waals surface area contributed by atoms with Crippen LogP contribution in [0.4, 0.5) is 0 Å². The van der Waals surface area contributed by atoms with Crippen LogP contribution < -0.4 is 5.32 Å². The van der Waals surface area contributed by atoms with Crippen LogP contribution in [0.15, 0.2) is 24.5 Å². The van der Waals surface area contributed by atoms with E-state index in [4.69, 9.17) is 0 Å². The van der Waals surface area contributed by atoms with Crippen LogP contribution in [0.25, 0.3) is 11.0 Å². The van der Waals surface area contributed by atoms with Crippen LogP contribution in [0.3, 0.4) is 0 Å². The Balaban J connectivity index is 1.95. The Morgan fingerprint density at radius 1 is 1.47 bits per heavy atom. The second kappa shape index (κ2) is 2.42. The molecule has 0 spiro atoms. The summed E-state index contributed by atoms with van der Waals surface area (Å²) < 4.78 is 0. The van der Waals surface area contributed by atoms with Gasteiger partial charge in [-0.15, -0.1) is 0 Å². The molecule has 3 heteroatoms. The van der Waals surface area contributed by atoms with Gasteiger partial charge in [-0.3, -0.25) is 0 Å². The number of H-pyrrole nitrogens is 1. The molecular formula is C12H13N3. The van der Waals surface area contributed by atoms with Crippen LogP contribution in [0.1, 0.15) is 18.4 Å². The molecule has 0 radical (unpaired) electrons. The van der Waals surface area contributed by atoms with Crippen molar-refractivity contribution >= 4 is 11.0 Å². The standard InChI is InChI=1S/C12H13N3/c1-2-8-9(7-15-11(8)14-4-1)12-3-5-13-10(12)6-12/h1-2,4,7,10,13H,3,5-6H2,(H,14,15). The molecule has 15 heavy (non-hydrogen) atoms. The van der Waals surface area contributed by atoms with Crippen molar-refractivity contribution in [1.82, 2.24) is 15.3 Å². The van der Waals surface area contributed by atoms with Gasteiger partial charge in [0.2, 0.25) is 0 Å². The average Bonchev–Trinajstić information content (AvgIpc) is 2.68. The van der Waals surface area contributed by atoms with Crippen molar-refractivity contribution in [3.05, 3.63) is 30.1 Å². The lowest BCUT2D eigenvalue weighted by Gasteiger charge is -2.08. The Morgan fingerprint density at radius 3 is 3.27 bits per heavy atom. The normalized spacial score (nSPS) is 33.2. The molecule has 2 fully saturated rings. The zero-order valence-corrected chi connectivity index (χ0v) is 8.46. The first-order valence-electron chi connectivity index (χ1n) is 5.56. The maximum Gasteiger partial charge on any atom is 0.137 e. The molecule has 1 aliphatic heterocycles. The molecule has 0 amide bonds. The zero-order chi connectivity index (χ0) is 9.88. The lowest BCUT2D eigenvalue weighted by molar-refractivity contribution is 0.687. The fourth-order valence-corrected chi connectivity index (χ4v) is 3.12. The van der Waals surface area contributed by atoms with E-state index in [0.29, 0.717) is 5.41 Å². The third kappa shape index (κ3) is 0.868. The zero-order valence-electron chi connectivity index (χ0n) is 8.46. The maximum absolute atomic E-state index is 4.35. The summed E-state index contributed by atoms with van der Waals surface area (Å²) in [6, 6.07) is 4.92. The van der Waals surface area contributed by atoms with Gasteiger partial charge in [0.25, 0.3) is 0 Å². The highest BCUT2D eigenvalue weighted by Crippen LogP contribution is 2.55. The average molecular weight is 199 g/mol. The smallest absolute Gasteiger partial charge is 0.137 e. The molecule has 0 bridgehead atoms. The number of aromatic nitrogens is 2. The molecule has 2 atom stereocenters. The molecule has 1 saturated heterocycles. The van der Waals surface area contributed by atoms with E-state index in [0.717, 1.165) is 18.2 Å². The van der Waals surface area contributed by atoms with Crippen LogP contribution in [-0.2, 0) is 5.41 Å². The molecular weight excluding hydrogens is 186 g/mol. The Hall–Kier alpha value is -1.35. The topological polar surface area (TPSA) is 40.7 Å². The SMILES string of the molecule is c1cnc2[nH]cc(C34CCNC3C4)c2c1. The van der Waals surface area contributed by atoms with Crippen molar-refractivity contribution in [2.75, 3.05) is 6.54 Å². The lowest BCUT2D eigenvalue weighted by Crippen LogP contribution is -2.11. The molecule has 76 valence electrons. The number of nitrogens with one attached hydrogen (secondary N) is 2. The summed E-state index contributed by atoms with van der Waals surface area (Å²) in [5.41, 5.74) is 2.93. The molecule has 1 saturated carbocycles. The van der Waals surface area contributed by atoms with Crippen LogP contribution in [0.5, 0.6) is 0 Å². The number of pyridine rings is 1. The second-order valence-electron chi connectivity index (χ2n) is 4.72. The van der Waals surface area contributed by atoms with Crippen LogP contribution in [0.2, 0.25) is 0 Å². The van der Waals surface area contributed by atoms with E-state index >= 15 is 0 Å². The summed E-state index contributed by atoms with van der Waals surface area (Å²) in [4.78, 5) is 7.62. The van der Waals surface area contributed by atoms with E-state index in [1.54, 1.807) is 0 Å². The minimum atomic E-state index is 0.432. The molecule has 0 aromatic carbocycles. The third-order valence-electron chi connectivity index (χ3n) is 4.02. The van der Waals surface area contributed by atoms with Gasteiger partial charge in [-0.2, -0.15) is 0 Å². The summed E-state index contributed by atoms with van der Waals surface area (Å²) in [5.74, 6) is 0. The van der Waals surface area contributed by atoms with Gasteiger partial charge in [0, 0.05) is 29.2 Å². The summed E-state index contributed by atoms with van der Waals surface area (Å²) in [6.07, 6.45) is 6.58. The highest BCUT2D eigenvalue weighted by atomic mass is 15.1. The maximum atomic E-state index is 4.35. The molecule has 3 heterocycles. The fourth-order valence-electron chi connectivity index (χ4n) is 3.12. The lowest BCUT2D eigenvalue weighted by atomic mass is 9.93.